The molecule has 3 aromatic rings. The van der Waals surface area contributed by atoms with Crippen LogP contribution in [0.25, 0.3) is 5.69 Å². The Morgan fingerprint density at radius 1 is 1.11 bits per heavy atom. The smallest absolute Gasteiger partial charge is 0.298 e. The first kappa shape index (κ1) is 18.7. The molecule has 2 aromatic carbocycles. The minimum Gasteiger partial charge on any atom is -0.298 e. The molecule has 0 spiro atoms. The molecule has 140 valence electrons. The molecule has 1 aromatic heterocycles. The SMILES string of the molecule is Cc1nc(C(=O)NNc2ccccc2C(F)(F)F)nn1-c1ccccc1Cl. The maximum Gasteiger partial charge on any atom is 0.418 e. The molecule has 0 aliphatic rings. The van der Waals surface area contributed by atoms with E-state index in [1.54, 1.807) is 31.2 Å². The van der Waals surface area contributed by atoms with Crippen molar-refractivity contribution in [2.24, 2.45) is 0 Å². The number of carbonyl (C=O) groups excluding carboxylic acids is 1. The highest BCUT2D eigenvalue weighted by molar-refractivity contribution is 6.32. The van der Waals surface area contributed by atoms with Crippen LogP contribution in [0.4, 0.5) is 18.9 Å². The Bertz CT molecular complexity index is 987. The third-order valence-corrected chi connectivity index (χ3v) is 3.92. The third-order valence-electron chi connectivity index (χ3n) is 3.60. The summed E-state index contributed by atoms with van der Waals surface area (Å²) in [7, 11) is 0. The molecule has 6 nitrogen and oxygen atoms in total. The van der Waals surface area contributed by atoms with Crippen LogP contribution < -0.4 is 10.9 Å². The number of anilines is 1. The number of amides is 1. The van der Waals surface area contributed by atoms with Crippen molar-refractivity contribution in [1.82, 2.24) is 20.2 Å². The predicted molar refractivity (Wildman–Crippen MR) is 93.6 cm³/mol. The van der Waals surface area contributed by atoms with Crippen LogP contribution in [0.3, 0.4) is 0 Å². The normalized spacial score (nSPS) is 11.3. The number of para-hydroxylation sites is 2. The van der Waals surface area contributed by atoms with E-state index in [0.29, 0.717) is 16.5 Å². The zero-order valence-corrected chi connectivity index (χ0v) is 14.6. The van der Waals surface area contributed by atoms with Crippen LogP contribution in [0.1, 0.15) is 22.0 Å². The predicted octanol–water partition coefficient (Wildman–Crippen LogP) is 4.00. The van der Waals surface area contributed by atoms with E-state index in [2.05, 4.69) is 20.9 Å². The van der Waals surface area contributed by atoms with E-state index in [9.17, 15) is 18.0 Å². The lowest BCUT2D eigenvalue weighted by molar-refractivity contribution is -0.137. The number of hydrazine groups is 1. The van der Waals surface area contributed by atoms with Crippen molar-refractivity contribution < 1.29 is 18.0 Å². The van der Waals surface area contributed by atoms with Crippen LogP contribution in [0.5, 0.6) is 0 Å². The number of alkyl halides is 3. The van der Waals surface area contributed by atoms with Gasteiger partial charge in [0.2, 0.25) is 5.82 Å². The van der Waals surface area contributed by atoms with E-state index in [0.717, 1.165) is 6.07 Å². The van der Waals surface area contributed by atoms with Crippen LogP contribution >= 0.6 is 11.6 Å². The number of benzene rings is 2. The highest BCUT2D eigenvalue weighted by atomic mass is 35.5. The lowest BCUT2D eigenvalue weighted by atomic mass is 10.2. The third kappa shape index (κ3) is 4.03. The monoisotopic (exact) mass is 395 g/mol. The molecule has 27 heavy (non-hydrogen) atoms. The Balaban J connectivity index is 1.79. The molecule has 0 saturated carbocycles. The summed E-state index contributed by atoms with van der Waals surface area (Å²) in [6.45, 7) is 1.62. The van der Waals surface area contributed by atoms with Gasteiger partial charge in [0.05, 0.1) is 22.0 Å². The molecule has 0 aliphatic carbocycles. The van der Waals surface area contributed by atoms with Gasteiger partial charge in [-0.25, -0.2) is 9.67 Å². The van der Waals surface area contributed by atoms with Crippen LogP contribution in [-0.4, -0.2) is 20.7 Å². The molecule has 0 radical (unpaired) electrons. The van der Waals surface area contributed by atoms with E-state index in [4.69, 9.17) is 11.6 Å². The van der Waals surface area contributed by atoms with Gasteiger partial charge in [0.25, 0.3) is 0 Å². The fourth-order valence-corrected chi connectivity index (χ4v) is 2.57. The minimum absolute atomic E-state index is 0.218. The van der Waals surface area contributed by atoms with Gasteiger partial charge in [-0.3, -0.25) is 15.6 Å². The molecule has 2 N–H and O–H groups in total. The first-order chi connectivity index (χ1) is 12.8. The number of nitrogens with one attached hydrogen (secondary N) is 2. The Morgan fingerprint density at radius 3 is 2.48 bits per heavy atom. The fraction of sp³-hybridized carbons (Fsp3) is 0.118. The maximum atomic E-state index is 13.0. The van der Waals surface area contributed by atoms with Crippen LogP contribution in [0.2, 0.25) is 5.02 Å². The molecule has 0 aliphatic heterocycles. The van der Waals surface area contributed by atoms with Gasteiger partial charge in [0.15, 0.2) is 0 Å². The summed E-state index contributed by atoms with van der Waals surface area (Å²) in [5, 5.41) is 4.48. The average Bonchev–Trinajstić information content (AvgIpc) is 3.01. The average molecular weight is 396 g/mol. The molecule has 1 heterocycles. The second-order valence-corrected chi connectivity index (χ2v) is 5.88. The standard InChI is InChI=1S/C17H13ClF3N5O/c1-10-22-15(25-26(10)14-9-5-3-7-12(14)18)16(27)24-23-13-8-4-2-6-11(13)17(19,20)21/h2-9,23H,1H3,(H,24,27). The Hall–Kier alpha value is -3.07. The summed E-state index contributed by atoms with van der Waals surface area (Å²) >= 11 is 6.11. The van der Waals surface area contributed by atoms with E-state index < -0.39 is 17.6 Å². The molecular weight excluding hydrogens is 383 g/mol. The second-order valence-electron chi connectivity index (χ2n) is 5.47. The van der Waals surface area contributed by atoms with Crippen molar-refractivity contribution in [1.29, 1.82) is 0 Å². The van der Waals surface area contributed by atoms with Crippen molar-refractivity contribution in [2.45, 2.75) is 13.1 Å². The molecule has 1 amide bonds. The van der Waals surface area contributed by atoms with Crippen LogP contribution in [0, 0.1) is 6.92 Å². The van der Waals surface area contributed by atoms with Gasteiger partial charge in [0, 0.05) is 0 Å². The molecule has 0 unspecified atom stereocenters. The number of halogens is 4. The topological polar surface area (TPSA) is 71.8 Å². The van der Waals surface area contributed by atoms with E-state index in [-0.39, 0.29) is 11.5 Å². The molecule has 0 bridgehead atoms. The second kappa shape index (κ2) is 7.28. The van der Waals surface area contributed by atoms with E-state index >= 15 is 0 Å². The van der Waals surface area contributed by atoms with Gasteiger partial charge in [-0.1, -0.05) is 35.9 Å². The van der Waals surface area contributed by atoms with Crippen molar-refractivity contribution in [3.63, 3.8) is 0 Å². The van der Waals surface area contributed by atoms with Gasteiger partial charge < -0.3 is 0 Å². The highest BCUT2D eigenvalue weighted by Crippen LogP contribution is 2.34. The van der Waals surface area contributed by atoms with E-state index in [1.807, 2.05) is 0 Å². The first-order valence-electron chi connectivity index (χ1n) is 7.68. The van der Waals surface area contributed by atoms with Gasteiger partial charge in [-0.05, 0) is 31.2 Å². The van der Waals surface area contributed by atoms with Crippen molar-refractivity contribution in [3.8, 4) is 5.69 Å². The number of rotatable bonds is 4. The van der Waals surface area contributed by atoms with Crippen molar-refractivity contribution in [2.75, 3.05) is 5.43 Å². The summed E-state index contributed by atoms with van der Waals surface area (Å²) in [5.74, 6) is -0.616. The number of hydrogen-bond acceptors (Lipinski definition) is 4. The Morgan fingerprint density at radius 2 is 1.78 bits per heavy atom. The minimum atomic E-state index is -4.56. The van der Waals surface area contributed by atoms with E-state index in [1.165, 1.54) is 22.9 Å². The van der Waals surface area contributed by atoms with Gasteiger partial charge in [0.1, 0.15) is 5.82 Å². The quantitative estimate of drug-likeness (QED) is 0.655. The number of aromatic nitrogens is 3. The van der Waals surface area contributed by atoms with Crippen LogP contribution in [-0.2, 0) is 6.18 Å². The molecule has 0 atom stereocenters. The zero-order valence-electron chi connectivity index (χ0n) is 13.9. The van der Waals surface area contributed by atoms with Gasteiger partial charge >= 0.3 is 12.1 Å². The van der Waals surface area contributed by atoms with Gasteiger partial charge in [-0.15, -0.1) is 5.10 Å². The van der Waals surface area contributed by atoms with Crippen molar-refractivity contribution >= 4 is 23.2 Å². The van der Waals surface area contributed by atoms with Crippen molar-refractivity contribution in [3.05, 3.63) is 70.8 Å². The summed E-state index contributed by atoms with van der Waals surface area (Å²) in [5.41, 5.74) is 3.77. The lowest BCUT2D eigenvalue weighted by Crippen LogP contribution is -2.31. The summed E-state index contributed by atoms with van der Waals surface area (Å²) in [4.78, 5) is 16.3. The summed E-state index contributed by atoms with van der Waals surface area (Å²) in [6, 6.07) is 11.6. The Labute approximate surface area is 156 Å². The number of hydrogen-bond donors (Lipinski definition) is 2. The fourth-order valence-electron chi connectivity index (χ4n) is 2.36. The highest BCUT2D eigenvalue weighted by Gasteiger charge is 2.33. The Kier molecular flexibility index (Phi) is 5.04. The zero-order chi connectivity index (χ0) is 19.6. The first-order valence-corrected chi connectivity index (χ1v) is 8.06. The molecular formula is C17H13ClF3N5O. The number of aryl methyl sites for hydroxylation is 1. The molecule has 10 heteroatoms. The molecule has 0 fully saturated rings. The maximum absolute atomic E-state index is 13.0. The van der Waals surface area contributed by atoms with Crippen LogP contribution in [0.15, 0.2) is 48.5 Å². The van der Waals surface area contributed by atoms with Gasteiger partial charge in [-0.2, -0.15) is 13.2 Å². The summed E-state index contributed by atoms with van der Waals surface area (Å²) in [6.07, 6.45) is -4.56. The number of carbonyl (C=O) groups is 1. The molecule has 0 saturated heterocycles. The summed E-state index contributed by atoms with van der Waals surface area (Å²) < 4.78 is 40.3. The largest absolute Gasteiger partial charge is 0.418 e. The lowest BCUT2D eigenvalue weighted by Gasteiger charge is -2.14. The molecule has 3 rings (SSSR count). The number of nitrogens with zero attached hydrogens (tertiary/aromatic N) is 3.